The van der Waals surface area contributed by atoms with Crippen LogP contribution < -0.4 is 5.73 Å². The van der Waals surface area contributed by atoms with E-state index in [1.165, 1.54) is 0 Å². The molecule has 0 aromatic heterocycles. The maximum atomic E-state index is 11.7. The molecule has 1 fully saturated rings. The molecule has 2 rings (SSSR count). The minimum Gasteiger partial charge on any atom is -0.393 e. The predicted octanol–water partition coefficient (Wildman–Crippen LogP) is 1.52. The summed E-state index contributed by atoms with van der Waals surface area (Å²) in [7, 11) is -2.90. The summed E-state index contributed by atoms with van der Waals surface area (Å²) >= 11 is 5.05. The largest absolute Gasteiger partial charge is 0.393 e. The summed E-state index contributed by atoms with van der Waals surface area (Å²) in [4.78, 5) is 2.66. The van der Waals surface area contributed by atoms with E-state index in [0.717, 1.165) is 12.1 Å². The fraction of sp³-hybridized carbons (Fsp3) is 0.500. The molecular weight excluding hydrogens is 292 g/mol. The van der Waals surface area contributed by atoms with Crippen LogP contribution in [0.1, 0.15) is 24.4 Å². The highest BCUT2D eigenvalue weighted by Gasteiger charge is 2.26. The molecule has 0 aliphatic carbocycles. The fourth-order valence-corrected chi connectivity index (χ4v) is 4.04. The summed E-state index contributed by atoms with van der Waals surface area (Å²) in [6.45, 7) is 1.31. The van der Waals surface area contributed by atoms with Crippen LogP contribution in [0.15, 0.2) is 30.3 Å². The molecule has 6 heteroatoms. The Bertz CT molecular complexity index is 558. The third-order valence-corrected chi connectivity index (χ3v) is 5.49. The second kappa shape index (κ2) is 6.65. The van der Waals surface area contributed by atoms with Crippen molar-refractivity contribution < 1.29 is 8.42 Å². The van der Waals surface area contributed by atoms with Gasteiger partial charge in [-0.2, -0.15) is 0 Å². The zero-order valence-electron chi connectivity index (χ0n) is 11.4. The molecule has 1 aliphatic heterocycles. The topological polar surface area (TPSA) is 63.4 Å². The standard InChI is InChI=1S/C14H20N2O2S2/c15-14(19)11-13(12-5-2-1-3-6-12)16-7-4-9-20(17,18)10-8-16/h1-3,5-6,13H,4,7-11H2,(H2,15,19). The van der Waals surface area contributed by atoms with E-state index in [2.05, 4.69) is 4.90 Å². The van der Waals surface area contributed by atoms with Crippen LogP contribution in [0.5, 0.6) is 0 Å². The SMILES string of the molecule is NC(=S)CC(c1ccccc1)N1CCCS(=O)(=O)CC1. The molecule has 1 aromatic carbocycles. The van der Waals surface area contributed by atoms with Crippen molar-refractivity contribution in [2.24, 2.45) is 5.73 Å². The van der Waals surface area contributed by atoms with E-state index < -0.39 is 9.84 Å². The number of hydrogen-bond acceptors (Lipinski definition) is 4. The molecule has 1 atom stereocenters. The van der Waals surface area contributed by atoms with Gasteiger partial charge in [0, 0.05) is 19.0 Å². The van der Waals surface area contributed by atoms with Crippen LogP contribution in [0.4, 0.5) is 0 Å². The van der Waals surface area contributed by atoms with E-state index in [0.29, 0.717) is 24.4 Å². The zero-order valence-corrected chi connectivity index (χ0v) is 13.0. The van der Waals surface area contributed by atoms with Crippen molar-refractivity contribution in [2.75, 3.05) is 24.6 Å². The molecule has 4 nitrogen and oxygen atoms in total. The van der Waals surface area contributed by atoms with Gasteiger partial charge in [-0.25, -0.2) is 8.42 Å². The first-order chi connectivity index (χ1) is 9.48. The molecular formula is C14H20N2O2S2. The quantitative estimate of drug-likeness (QED) is 0.854. The minimum atomic E-state index is -2.90. The first kappa shape index (κ1) is 15.4. The van der Waals surface area contributed by atoms with Crippen LogP contribution in [0.2, 0.25) is 0 Å². The van der Waals surface area contributed by atoms with Gasteiger partial charge in [-0.1, -0.05) is 42.5 Å². The van der Waals surface area contributed by atoms with Crippen molar-refractivity contribution in [1.29, 1.82) is 0 Å². The normalized spacial score (nSPS) is 21.0. The lowest BCUT2D eigenvalue weighted by atomic mass is 10.0. The van der Waals surface area contributed by atoms with Crippen LogP contribution in [-0.4, -0.2) is 42.9 Å². The molecule has 20 heavy (non-hydrogen) atoms. The predicted molar refractivity (Wildman–Crippen MR) is 85.4 cm³/mol. The lowest BCUT2D eigenvalue weighted by molar-refractivity contribution is 0.218. The van der Waals surface area contributed by atoms with Gasteiger partial charge in [0.25, 0.3) is 0 Å². The molecule has 1 unspecified atom stereocenters. The average Bonchev–Trinajstić information content (AvgIpc) is 2.58. The van der Waals surface area contributed by atoms with E-state index >= 15 is 0 Å². The summed E-state index contributed by atoms with van der Waals surface area (Å²) in [5.41, 5.74) is 6.85. The summed E-state index contributed by atoms with van der Waals surface area (Å²) < 4.78 is 23.4. The molecule has 1 aromatic rings. The van der Waals surface area contributed by atoms with Gasteiger partial charge in [-0.05, 0) is 18.5 Å². The highest BCUT2D eigenvalue weighted by atomic mass is 32.2. The van der Waals surface area contributed by atoms with Gasteiger partial charge in [-0.3, -0.25) is 4.90 Å². The first-order valence-corrected chi connectivity index (χ1v) is 8.98. The Balaban J connectivity index is 2.20. The summed E-state index contributed by atoms with van der Waals surface area (Å²) in [5, 5.41) is 0. The number of sulfone groups is 1. The van der Waals surface area contributed by atoms with Gasteiger partial charge in [0.1, 0.15) is 0 Å². The summed E-state index contributed by atoms with van der Waals surface area (Å²) in [6.07, 6.45) is 1.25. The molecule has 1 saturated heterocycles. The van der Waals surface area contributed by atoms with E-state index in [9.17, 15) is 8.42 Å². The van der Waals surface area contributed by atoms with Crippen LogP contribution in [0.25, 0.3) is 0 Å². The maximum absolute atomic E-state index is 11.7. The van der Waals surface area contributed by atoms with Crippen LogP contribution in [-0.2, 0) is 9.84 Å². The van der Waals surface area contributed by atoms with Crippen molar-refractivity contribution in [1.82, 2.24) is 4.90 Å². The molecule has 0 saturated carbocycles. The summed E-state index contributed by atoms with van der Waals surface area (Å²) in [6, 6.07) is 10.1. The molecule has 0 radical (unpaired) electrons. The van der Waals surface area contributed by atoms with Gasteiger partial charge < -0.3 is 5.73 Å². The van der Waals surface area contributed by atoms with E-state index in [-0.39, 0.29) is 17.5 Å². The van der Waals surface area contributed by atoms with E-state index in [1.54, 1.807) is 0 Å². The molecule has 1 aliphatic rings. The van der Waals surface area contributed by atoms with Crippen molar-refractivity contribution in [3.05, 3.63) is 35.9 Å². The number of hydrogen-bond donors (Lipinski definition) is 1. The van der Waals surface area contributed by atoms with Gasteiger partial charge in [0.05, 0.1) is 16.5 Å². The maximum Gasteiger partial charge on any atom is 0.151 e. The van der Waals surface area contributed by atoms with Crippen molar-refractivity contribution in [3.8, 4) is 0 Å². The van der Waals surface area contributed by atoms with Gasteiger partial charge >= 0.3 is 0 Å². The minimum absolute atomic E-state index is 0.0713. The van der Waals surface area contributed by atoms with Crippen LogP contribution in [0.3, 0.4) is 0 Å². The second-order valence-corrected chi connectivity index (χ2v) is 7.97. The number of nitrogens with two attached hydrogens (primary N) is 1. The van der Waals surface area contributed by atoms with Gasteiger partial charge in [0.15, 0.2) is 9.84 Å². The molecule has 2 N–H and O–H groups in total. The molecule has 0 amide bonds. The lowest BCUT2D eigenvalue weighted by Crippen LogP contribution is -2.34. The van der Waals surface area contributed by atoms with Gasteiger partial charge in [0.2, 0.25) is 0 Å². The number of benzene rings is 1. The highest BCUT2D eigenvalue weighted by Crippen LogP contribution is 2.25. The Labute approximate surface area is 125 Å². The molecule has 0 bridgehead atoms. The van der Waals surface area contributed by atoms with E-state index in [1.807, 2.05) is 30.3 Å². The Kier molecular flexibility index (Phi) is 5.12. The Morgan fingerprint density at radius 1 is 1.25 bits per heavy atom. The van der Waals surface area contributed by atoms with Gasteiger partial charge in [-0.15, -0.1) is 0 Å². The first-order valence-electron chi connectivity index (χ1n) is 6.76. The smallest absolute Gasteiger partial charge is 0.151 e. The van der Waals surface area contributed by atoms with Crippen molar-refractivity contribution in [3.63, 3.8) is 0 Å². The van der Waals surface area contributed by atoms with Crippen molar-refractivity contribution in [2.45, 2.75) is 18.9 Å². The monoisotopic (exact) mass is 312 g/mol. The summed E-state index contributed by atoms with van der Waals surface area (Å²) in [5.74, 6) is 0.492. The third-order valence-electron chi connectivity index (χ3n) is 3.61. The molecule has 0 spiro atoms. The average molecular weight is 312 g/mol. The number of rotatable bonds is 4. The van der Waals surface area contributed by atoms with Crippen LogP contribution >= 0.6 is 12.2 Å². The molecule has 1 heterocycles. The highest BCUT2D eigenvalue weighted by molar-refractivity contribution is 7.91. The zero-order chi connectivity index (χ0) is 14.6. The Morgan fingerprint density at radius 3 is 2.60 bits per heavy atom. The fourth-order valence-electron chi connectivity index (χ4n) is 2.59. The third kappa shape index (κ3) is 4.26. The Hall–Kier alpha value is -0.980. The van der Waals surface area contributed by atoms with E-state index in [4.69, 9.17) is 18.0 Å². The second-order valence-electron chi connectivity index (χ2n) is 5.14. The molecule has 110 valence electrons. The lowest BCUT2D eigenvalue weighted by Gasteiger charge is -2.30. The number of nitrogens with zero attached hydrogens (tertiary/aromatic N) is 1. The number of thiocarbonyl (C=S) groups is 1. The van der Waals surface area contributed by atoms with Crippen molar-refractivity contribution >= 4 is 27.0 Å². The Morgan fingerprint density at radius 2 is 1.95 bits per heavy atom. The van der Waals surface area contributed by atoms with Crippen LogP contribution in [0, 0.1) is 0 Å².